The van der Waals surface area contributed by atoms with Crippen molar-refractivity contribution in [1.82, 2.24) is 10.6 Å². The smallest absolute Gasteiger partial charge is 0.326 e. The van der Waals surface area contributed by atoms with Gasteiger partial charge in [-0.1, -0.05) is 103 Å². The normalized spacial score (nSPS) is 12.9. The Labute approximate surface area is 231 Å². The molecule has 40 heavy (non-hydrogen) atoms. The molecule has 4 aromatic rings. The number of carbonyl (C=O) groups excluding carboxylic acids is 3. The molecule has 0 bridgehead atoms. The second-order valence-corrected chi connectivity index (χ2v) is 9.17. The zero-order chi connectivity index (χ0) is 28.5. The predicted molar refractivity (Wildman–Crippen MR) is 149 cm³/mol. The van der Waals surface area contributed by atoms with Crippen molar-refractivity contribution in [3.63, 3.8) is 0 Å². The fourth-order valence-corrected chi connectivity index (χ4v) is 4.21. The molecular weight excluding hydrogens is 508 g/mol. The lowest BCUT2D eigenvalue weighted by molar-refractivity contribution is -0.143. The highest BCUT2D eigenvalue weighted by Crippen LogP contribution is 2.19. The van der Waals surface area contributed by atoms with Crippen LogP contribution in [0.3, 0.4) is 0 Å². The van der Waals surface area contributed by atoms with Gasteiger partial charge >= 0.3 is 5.97 Å². The Morgan fingerprint density at radius 3 is 1.68 bits per heavy atom. The van der Waals surface area contributed by atoms with Gasteiger partial charge in [0.15, 0.2) is 11.9 Å². The quantitative estimate of drug-likeness (QED) is 0.217. The maximum absolute atomic E-state index is 13.1. The fourth-order valence-electron chi connectivity index (χ4n) is 4.21. The monoisotopic (exact) mass is 536 g/mol. The van der Waals surface area contributed by atoms with Gasteiger partial charge < -0.3 is 20.8 Å². The van der Waals surface area contributed by atoms with E-state index in [1.807, 2.05) is 6.07 Å². The molecule has 0 spiro atoms. The average molecular weight is 537 g/mol. The van der Waals surface area contributed by atoms with Crippen molar-refractivity contribution in [2.24, 2.45) is 0 Å². The van der Waals surface area contributed by atoms with Crippen LogP contribution in [-0.4, -0.2) is 45.9 Å². The van der Waals surface area contributed by atoms with Gasteiger partial charge in [0.05, 0.1) is 6.04 Å². The number of carbonyl (C=O) groups is 4. The van der Waals surface area contributed by atoms with E-state index in [1.165, 1.54) is 0 Å². The highest BCUT2D eigenvalue weighted by Gasteiger charge is 2.32. The second-order valence-electron chi connectivity index (χ2n) is 9.17. The average Bonchev–Trinajstić information content (AvgIpc) is 3.00. The van der Waals surface area contributed by atoms with E-state index in [4.69, 9.17) is 0 Å². The molecule has 202 valence electrons. The van der Waals surface area contributed by atoms with Crippen LogP contribution in [0.1, 0.15) is 43.4 Å². The van der Waals surface area contributed by atoms with Crippen LogP contribution in [0.25, 0.3) is 0 Å². The minimum absolute atomic E-state index is 0.0834. The van der Waals surface area contributed by atoms with Crippen LogP contribution >= 0.6 is 0 Å². The number of hydrogen-bond acceptors (Lipinski definition) is 5. The lowest BCUT2D eigenvalue weighted by Gasteiger charge is -2.25. The summed E-state index contributed by atoms with van der Waals surface area (Å²) in [6.07, 6.45) is -1.86. The van der Waals surface area contributed by atoms with E-state index < -0.39 is 36.0 Å². The Morgan fingerprint density at radius 2 is 1.12 bits per heavy atom. The molecule has 4 rings (SSSR count). The van der Waals surface area contributed by atoms with Gasteiger partial charge in [-0.25, -0.2) is 4.79 Å². The van der Waals surface area contributed by atoms with E-state index in [1.54, 1.807) is 109 Å². The van der Waals surface area contributed by atoms with Gasteiger partial charge in [-0.05, 0) is 23.3 Å². The Balaban J connectivity index is 1.47. The molecule has 0 saturated carbocycles. The summed E-state index contributed by atoms with van der Waals surface area (Å²) in [6, 6.07) is 29.5. The first-order valence-electron chi connectivity index (χ1n) is 12.6. The molecule has 0 aliphatic carbocycles. The molecule has 0 unspecified atom stereocenters. The Kier molecular flexibility index (Phi) is 9.17. The molecule has 0 aliphatic heterocycles. The van der Waals surface area contributed by atoms with Crippen LogP contribution in [-0.2, 0) is 16.0 Å². The maximum atomic E-state index is 13.1. The van der Waals surface area contributed by atoms with Crippen LogP contribution in [0.2, 0.25) is 0 Å². The molecule has 3 atom stereocenters. The zero-order valence-corrected chi connectivity index (χ0v) is 21.4. The second kappa shape index (κ2) is 13.1. The van der Waals surface area contributed by atoms with Gasteiger partial charge in [0.25, 0.3) is 11.8 Å². The predicted octanol–water partition coefficient (Wildman–Crippen LogP) is 3.56. The van der Waals surface area contributed by atoms with Crippen molar-refractivity contribution >= 4 is 23.6 Å². The number of rotatable bonds is 11. The summed E-state index contributed by atoms with van der Waals surface area (Å²) in [5, 5.41) is 25.8. The SMILES string of the molecule is O=C(N[C@@H](c1ccccc1)[C@@H](O)C(=O)N[C@H](Cc1ccc(C(=O)c2ccccc2)cc1)C(=O)O)c1ccccc1. The number of aliphatic carboxylic acids is 1. The number of hydrogen-bond donors (Lipinski definition) is 4. The standard InChI is InChI=1S/C32H28N2O6/c35-28(23-12-6-2-7-13-23)24-18-16-21(17-19-24)20-26(32(39)40)33-31(38)29(36)27(22-10-4-1-5-11-22)34-30(37)25-14-8-3-9-15-25/h1-19,26-27,29,36H,20H2,(H,33,38)(H,34,37)(H,39,40)/t26-,27+,29-/m1/s1. The number of amides is 2. The van der Waals surface area contributed by atoms with Crippen molar-refractivity contribution in [2.45, 2.75) is 24.6 Å². The molecule has 8 heteroatoms. The summed E-state index contributed by atoms with van der Waals surface area (Å²) >= 11 is 0. The van der Waals surface area contributed by atoms with Crippen LogP contribution in [0.15, 0.2) is 115 Å². The minimum atomic E-state index is -1.78. The van der Waals surface area contributed by atoms with E-state index in [0.29, 0.717) is 27.8 Å². The number of carboxylic acids is 1. The van der Waals surface area contributed by atoms with Gasteiger partial charge in [0.1, 0.15) is 6.04 Å². The molecule has 0 radical (unpaired) electrons. The van der Waals surface area contributed by atoms with E-state index in [9.17, 15) is 29.4 Å². The minimum Gasteiger partial charge on any atom is -0.480 e. The van der Waals surface area contributed by atoms with Gasteiger partial charge in [-0.2, -0.15) is 0 Å². The molecule has 0 fully saturated rings. The van der Waals surface area contributed by atoms with Crippen molar-refractivity contribution in [2.75, 3.05) is 0 Å². The molecule has 0 heterocycles. The Hall–Kier alpha value is -5.08. The number of nitrogens with one attached hydrogen (secondary N) is 2. The number of aliphatic hydroxyl groups is 1. The largest absolute Gasteiger partial charge is 0.480 e. The lowest BCUT2D eigenvalue weighted by atomic mass is 9.98. The highest BCUT2D eigenvalue weighted by molar-refractivity contribution is 6.09. The van der Waals surface area contributed by atoms with Crippen LogP contribution in [0.5, 0.6) is 0 Å². The van der Waals surface area contributed by atoms with E-state index >= 15 is 0 Å². The van der Waals surface area contributed by atoms with Crippen LogP contribution < -0.4 is 10.6 Å². The van der Waals surface area contributed by atoms with Crippen LogP contribution in [0, 0.1) is 0 Å². The summed E-state index contributed by atoms with van der Waals surface area (Å²) < 4.78 is 0. The van der Waals surface area contributed by atoms with Crippen molar-refractivity contribution in [3.05, 3.63) is 143 Å². The first-order valence-corrected chi connectivity index (χ1v) is 12.6. The molecule has 4 aromatic carbocycles. The Morgan fingerprint density at radius 1 is 0.625 bits per heavy atom. The third-order valence-electron chi connectivity index (χ3n) is 6.37. The summed E-state index contributed by atoms with van der Waals surface area (Å²) in [5.41, 5.74) is 2.37. The Bertz CT molecular complexity index is 1460. The topological polar surface area (TPSA) is 133 Å². The highest BCUT2D eigenvalue weighted by atomic mass is 16.4. The maximum Gasteiger partial charge on any atom is 0.326 e. The van der Waals surface area contributed by atoms with Gasteiger partial charge in [0.2, 0.25) is 0 Å². The van der Waals surface area contributed by atoms with Gasteiger partial charge in [-0.15, -0.1) is 0 Å². The van der Waals surface area contributed by atoms with E-state index in [2.05, 4.69) is 10.6 Å². The van der Waals surface area contributed by atoms with Gasteiger partial charge in [0, 0.05) is 23.1 Å². The van der Waals surface area contributed by atoms with Gasteiger partial charge in [-0.3, -0.25) is 14.4 Å². The summed E-state index contributed by atoms with van der Waals surface area (Å²) in [4.78, 5) is 50.5. The third kappa shape index (κ3) is 7.06. The van der Waals surface area contributed by atoms with Crippen molar-refractivity contribution in [3.8, 4) is 0 Å². The number of carboxylic acid groups (broad SMARTS) is 1. The van der Waals surface area contributed by atoms with Crippen molar-refractivity contribution < 1.29 is 29.4 Å². The van der Waals surface area contributed by atoms with E-state index in [0.717, 1.165) is 0 Å². The molecule has 0 aliphatic rings. The molecule has 2 amide bonds. The van der Waals surface area contributed by atoms with Crippen molar-refractivity contribution in [1.29, 1.82) is 0 Å². The number of ketones is 1. The molecular formula is C32H28N2O6. The molecule has 8 nitrogen and oxygen atoms in total. The molecule has 4 N–H and O–H groups in total. The number of benzene rings is 4. The third-order valence-corrected chi connectivity index (χ3v) is 6.37. The number of aliphatic hydroxyl groups excluding tert-OH is 1. The zero-order valence-electron chi connectivity index (χ0n) is 21.4. The first kappa shape index (κ1) is 27.9. The van der Waals surface area contributed by atoms with Crippen LogP contribution in [0.4, 0.5) is 0 Å². The fraction of sp³-hybridized carbons (Fsp3) is 0.125. The van der Waals surface area contributed by atoms with E-state index in [-0.39, 0.29) is 12.2 Å². The summed E-state index contributed by atoms with van der Waals surface area (Å²) in [6.45, 7) is 0. The first-order chi connectivity index (χ1) is 19.3. The molecule has 0 saturated heterocycles. The molecule has 0 aromatic heterocycles. The lowest BCUT2D eigenvalue weighted by Crippen LogP contribution is -2.50. The summed E-state index contributed by atoms with van der Waals surface area (Å²) in [7, 11) is 0. The summed E-state index contributed by atoms with van der Waals surface area (Å²) in [5.74, 6) is -2.91.